The molecule has 9 nitrogen and oxygen atoms in total. The highest BCUT2D eigenvalue weighted by molar-refractivity contribution is 7.90. The lowest BCUT2D eigenvalue weighted by molar-refractivity contribution is -0.143. The van der Waals surface area contributed by atoms with E-state index in [1.165, 1.54) is 41.3 Å². The van der Waals surface area contributed by atoms with Crippen molar-refractivity contribution in [2.45, 2.75) is 25.3 Å². The quantitative estimate of drug-likeness (QED) is 0.131. The fourth-order valence-corrected chi connectivity index (χ4v) is 4.95. The molecule has 38 heavy (non-hydrogen) atoms. The molecule has 0 aliphatic heterocycles. The van der Waals surface area contributed by atoms with Gasteiger partial charge in [-0.05, 0) is 41.3 Å². The second-order valence-electron chi connectivity index (χ2n) is 9.19. The number of anilines is 1. The maximum Gasteiger partial charge on any atom is 0.313 e. The maximum atomic E-state index is 14.3. The van der Waals surface area contributed by atoms with Gasteiger partial charge in [-0.25, -0.2) is 12.8 Å². The Labute approximate surface area is 220 Å². The number of nitrogens with two attached hydrogens (primary N) is 1. The van der Waals surface area contributed by atoms with E-state index in [0.29, 0.717) is 28.9 Å². The number of nitrogens with one attached hydrogen (secondary N) is 1. The number of benzene rings is 3. The highest BCUT2D eigenvalue weighted by Crippen LogP contribution is 2.30. The van der Waals surface area contributed by atoms with Gasteiger partial charge in [-0.3, -0.25) is 9.59 Å². The number of nitrogens with zero attached hydrogens (tertiary/aromatic N) is 2. The molecule has 0 atom stereocenters. The monoisotopic (exact) mass is 540 g/mol. The minimum Gasteiger partial charge on any atom is -0.409 e. The van der Waals surface area contributed by atoms with Crippen LogP contribution in [0.1, 0.15) is 25.0 Å². The zero-order valence-corrected chi connectivity index (χ0v) is 22.0. The molecule has 0 heterocycles. The second-order valence-corrected chi connectivity index (χ2v) is 11.1. The molecule has 0 spiro atoms. The van der Waals surface area contributed by atoms with Crippen LogP contribution in [0.15, 0.2) is 76.8 Å². The predicted molar refractivity (Wildman–Crippen MR) is 143 cm³/mol. The molecule has 0 aliphatic rings. The lowest BCUT2D eigenvalue weighted by Crippen LogP contribution is -2.41. The van der Waals surface area contributed by atoms with Crippen LogP contribution < -0.4 is 11.1 Å². The molecule has 0 saturated carbocycles. The van der Waals surface area contributed by atoms with Gasteiger partial charge in [0.2, 0.25) is 0 Å². The van der Waals surface area contributed by atoms with Crippen molar-refractivity contribution in [1.29, 1.82) is 0 Å². The van der Waals surface area contributed by atoms with Crippen molar-refractivity contribution in [2.75, 3.05) is 18.1 Å². The van der Waals surface area contributed by atoms with Crippen molar-refractivity contribution in [1.82, 2.24) is 4.90 Å². The van der Waals surface area contributed by atoms with Crippen molar-refractivity contribution in [3.63, 3.8) is 0 Å². The summed E-state index contributed by atoms with van der Waals surface area (Å²) in [5.74, 6) is -2.45. The van der Waals surface area contributed by atoms with Gasteiger partial charge in [0, 0.05) is 36.2 Å². The number of sulfone groups is 1. The standard InChI is InChI=1S/C27H29FN4O5S/c1-17(2)15-32(16-18-6-4-7-20(14-18)25(29)31-35)27(34)26(33)30-21-12-10-19(11-13-21)22-8-5-9-23(28)24(22)38(3,36)37/h4-14,17,35H,15-16H2,1-3H3,(H2,29,31)(H,30,33). The van der Waals surface area contributed by atoms with Crippen molar-refractivity contribution in [2.24, 2.45) is 16.8 Å². The molecule has 0 saturated heterocycles. The van der Waals surface area contributed by atoms with Crippen molar-refractivity contribution >= 4 is 33.2 Å². The molecule has 2 amide bonds. The number of carbonyl (C=O) groups is 2. The number of oxime groups is 1. The first-order chi connectivity index (χ1) is 17.9. The van der Waals surface area contributed by atoms with Crippen molar-refractivity contribution in [3.05, 3.63) is 83.7 Å². The number of halogens is 1. The van der Waals surface area contributed by atoms with E-state index < -0.39 is 32.4 Å². The normalized spacial score (nSPS) is 11.9. The summed E-state index contributed by atoms with van der Waals surface area (Å²) in [5, 5.41) is 14.5. The van der Waals surface area contributed by atoms with E-state index in [2.05, 4.69) is 10.5 Å². The topological polar surface area (TPSA) is 142 Å². The first kappa shape index (κ1) is 28.3. The molecule has 0 fully saturated rings. The Balaban J connectivity index is 1.79. The number of amides is 2. The first-order valence-electron chi connectivity index (χ1n) is 11.7. The molecule has 11 heteroatoms. The Kier molecular flexibility index (Phi) is 8.84. The van der Waals surface area contributed by atoms with Crippen molar-refractivity contribution < 1.29 is 27.6 Å². The van der Waals surface area contributed by atoms with E-state index in [0.717, 1.165) is 12.3 Å². The summed E-state index contributed by atoms with van der Waals surface area (Å²) in [7, 11) is -3.83. The Morgan fingerprint density at radius 3 is 2.34 bits per heavy atom. The molecule has 0 aliphatic carbocycles. The number of hydrogen-bond acceptors (Lipinski definition) is 6. The van der Waals surface area contributed by atoms with E-state index in [1.54, 1.807) is 24.3 Å². The summed E-state index contributed by atoms with van der Waals surface area (Å²) >= 11 is 0. The Bertz CT molecular complexity index is 1470. The summed E-state index contributed by atoms with van der Waals surface area (Å²) in [6, 6.07) is 16.9. The Morgan fingerprint density at radius 2 is 1.74 bits per heavy atom. The first-order valence-corrected chi connectivity index (χ1v) is 13.6. The van der Waals surface area contributed by atoms with Gasteiger partial charge < -0.3 is 21.2 Å². The number of carbonyl (C=O) groups excluding carboxylic acids is 2. The molecular weight excluding hydrogens is 511 g/mol. The van der Waals surface area contributed by atoms with Crippen LogP contribution in [-0.2, 0) is 26.0 Å². The number of rotatable bonds is 8. The van der Waals surface area contributed by atoms with E-state index in [4.69, 9.17) is 10.9 Å². The molecule has 3 aromatic carbocycles. The Morgan fingerprint density at radius 1 is 1.08 bits per heavy atom. The third-order valence-corrected chi connectivity index (χ3v) is 6.72. The fraction of sp³-hybridized carbons (Fsp3) is 0.222. The van der Waals surface area contributed by atoms with Crippen LogP contribution in [0.2, 0.25) is 0 Å². The van der Waals surface area contributed by atoms with Gasteiger partial charge in [-0.2, -0.15) is 0 Å². The average Bonchev–Trinajstić information content (AvgIpc) is 2.86. The highest BCUT2D eigenvalue weighted by atomic mass is 32.2. The van der Waals surface area contributed by atoms with E-state index >= 15 is 0 Å². The summed E-state index contributed by atoms with van der Waals surface area (Å²) in [6.07, 6.45) is 0.934. The van der Waals surface area contributed by atoms with Crippen LogP contribution in [0, 0.1) is 11.7 Å². The van der Waals surface area contributed by atoms with Crippen molar-refractivity contribution in [3.8, 4) is 11.1 Å². The Hall–Kier alpha value is -4.25. The zero-order valence-electron chi connectivity index (χ0n) is 21.2. The van der Waals surface area contributed by atoms with Gasteiger partial charge in [0.15, 0.2) is 15.7 Å². The summed E-state index contributed by atoms with van der Waals surface area (Å²) in [4.78, 5) is 26.9. The van der Waals surface area contributed by atoms with Gasteiger partial charge in [0.25, 0.3) is 0 Å². The molecule has 4 N–H and O–H groups in total. The molecule has 200 valence electrons. The van der Waals surface area contributed by atoms with Gasteiger partial charge in [0.1, 0.15) is 10.7 Å². The number of hydrogen-bond donors (Lipinski definition) is 3. The summed E-state index contributed by atoms with van der Waals surface area (Å²) in [6.45, 7) is 4.28. The predicted octanol–water partition coefficient (Wildman–Crippen LogP) is 3.61. The van der Waals surface area contributed by atoms with Crippen LogP contribution in [0.25, 0.3) is 11.1 Å². The van der Waals surface area contributed by atoms with E-state index in [1.807, 2.05) is 13.8 Å². The van der Waals surface area contributed by atoms with Crippen LogP contribution in [0.3, 0.4) is 0 Å². The maximum absolute atomic E-state index is 14.3. The van der Waals surface area contributed by atoms with Crippen LogP contribution in [-0.4, -0.2) is 49.0 Å². The lowest BCUT2D eigenvalue weighted by Gasteiger charge is -2.24. The largest absolute Gasteiger partial charge is 0.409 e. The molecule has 3 aromatic rings. The van der Waals surface area contributed by atoms with E-state index in [-0.39, 0.29) is 23.9 Å². The summed E-state index contributed by atoms with van der Waals surface area (Å²) in [5.41, 5.74) is 7.76. The average molecular weight is 541 g/mol. The van der Waals surface area contributed by atoms with Gasteiger partial charge in [-0.1, -0.05) is 61.5 Å². The van der Waals surface area contributed by atoms with Crippen LogP contribution in [0.5, 0.6) is 0 Å². The highest BCUT2D eigenvalue weighted by Gasteiger charge is 2.24. The van der Waals surface area contributed by atoms with E-state index in [9.17, 15) is 22.4 Å². The van der Waals surface area contributed by atoms with Gasteiger partial charge in [0.05, 0.1) is 0 Å². The number of amidine groups is 1. The summed E-state index contributed by atoms with van der Waals surface area (Å²) < 4.78 is 38.5. The third kappa shape index (κ3) is 6.94. The van der Waals surface area contributed by atoms with Gasteiger partial charge >= 0.3 is 11.8 Å². The third-order valence-electron chi connectivity index (χ3n) is 5.56. The molecule has 3 rings (SSSR count). The minimum absolute atomic E-state index is 0.0725. The second kappa shape index (κ2) is 11.9. The fourth-order valence-electron chi connectivity index (χ4n) is 3.94. The molecule has 0 unspecified atom stereocenters. The zero-order chi connectivity index (χ0) is 28.0. The lowest BCUT2D eigenvalue weighted by atomic mass is 10.1. The van der Waals surface area contributed by atoms with Gasteiger partial charge in [-0.15, -0.1) is 0 Å². The molecule has 0 radical (unpaired) electrons. The van der Waals surface area contributed by atoms with Crippen LogP contribution in [0.4, 0.5) is 10.1 Å². The smallest absolute Gasteiger partial charge is 0.313 e. The molecule has 0 bridgehead atoms. The molecule has 0 aromatic heterocycles. The minimum atomic E-state index is -3.83. The SMILES string of the molecule is CC(C)CN(Cc1cccc(/C(N)=N/O)c1)C(=O)C(=O)Nc1ccc(-c2cccc(F)c2S(C)(=O)=O)cc1. The molecular formula is C27H29FN4O5S. The van der Waals surface area contributed by atoms with Crippen LogP contribution >= 0.6 is 0 Å².